The Labute approximate surface area is 187 Å². The van der Waals surface area contributed by atoms with Crippen LogP contribution in [0.1, 0.15) is 103 Å². The van der Waals surface area contributed by atoms with Gasteiger partial charge in [0.05, 0.1) is 7.11 Å². The highest BCUT2D eigenvalue weighted by Crippen LogP contribution is 2.26. The minimum absolute atomic E-state index is 0.302. The third-order valence-corrected chi connectivity index (χ3v) is 5.56. The van der Waals surface area contributed by atoms with Gasteiger partial charge in [0.25, 0.3) is 0 Å². The maximum Gasteiger partial charge on any atom is 0.408 e. The summed E-state index contributed by atoms with van der Waals surface area (Å²) in [5, 5.41) is 11.6. The molecule has 0 aliphatic heterocycles. The molecule has 6 heteroatoms. The molecule has 1 rings (SSSR count). The van der Waals surface area contributed by atoms with Gasteiger partial charge in [0.15, 0.2) is 0 Å². The molecule has 0 radical (unpaired) electrons. The molecule has 0 heterocycles. The van der Waals surface area contributed by atoms with Crippen molar-refractivity contribution in [1.82, 2.24) is 5.32 Å². The van der Waals surface area contributed by atoms with Crippen molar-refractivity contribution in [3.05, 3.63) is 29.8 Å². The van der Waals surface area contributed by atoms with E-state index in [0.29, 0.717) is 12.8 Å². The monoisotopic (exact) mass is 435 g/mol. The van der Waals surface area contributed by atoms with Gasteiger partial charge in [-0.15, -0.1) is 0 Å². The first kappa shape index (κ1) is 26.8. The Bertz CT molecular complexity index is 617. The lowest BCUT2D eigenvalue weighted by Gasteiger charge is -2.20. The molecule has 1 aromatic carbocycles. The summed E-state index contributed by atoms with van der Waals surface area (Å²) in [6.07, 6.45) is 12.3. The first-order valence-corrected chi connectivity index (χ1v) is 11.9. The van der Waals surface area contributed by atoms with Crippen molar-refractivity contribution in [2.24, 2.45) is 0 Å². The topological polar surface area (TPSA) is 84.9 Å². The zero-order valence-electron chi connectivity index (χ0n) is 19.5. The summed E-state index contributed by atoms with van der Waals surface area (Å²) in [7, 11) is 1.61. The molecule has 0 spiro atoms. The molecular weight excluding hydrogens is 394 g/mol. The average Bonchev–Trinajstić information content (AvgIpc) is 2.77. The van der Waals surface area contributed by atoms with E-state index in [4.69, 9.17) is 14.6 Å². The number of hydrogen-bond acceptors (Lipinski definition) is 4. The van der Waals surface area contributed by atoms with E-state index in [1.807, 2.05) is 24.3 Å². The van der Waals surface area contributed by atoms with Crippen LogP contribution in [0.4, 0.5) is 4.79 Å². The van der Waals surface area contributed by atoms with Crippen molar-refractivity contribution in [2.75, 3.05) is 7.11 Å². The molecule has 0 fully saturated rings. The molecule has 2 N–H and O–H groups in total. The molecule has 0 saturated carbocycles. The van der Waals surface area contributed by atoms with Gasteiger partial charge in [-0.3, -0.25) is 0 Å². The molecule has 2 atom stereocenters. The fraction of sp³-hybridized carbons (Fsp3) is 0.680. The van der Waals surface area contributed by atoms with Crippen molar-refractivity contribution in [2.45, 2.75) is 103 Å². The van der Waals surface area contributed by atoms with Crippen LogP contribution in [0.5, 0.6) is 5.75 Å². The lowest BCUT2D eigenvalue weighted by atomic mass is 10.0. The van der Waals surface area contributed by atoms with E-state index >= 15 is 0 Å². The quantitative estimate of drug-likeness (QED) is 0.268. The van der Waals surface area contributed by atoms with Gasteiger partial charge in [0, 0.05) is 0 Å². The first-order valence-electron chi connectivity index (χ1n) is 11.9. The number of aliphatic carboxylic acids is 1. The van der Waals surface area contributed by atoms with Crippen LogP contribution in [0.2, 0.25) is 0 Å². The van der Waals surface area contributed by atoms with Gasteiger partial charge in [0.1, 0.15) is 17.9 Å². The Morgan fingerprint density at radius 1 is 0.903 bits per heavy atom. The third-order valence-electron chi connectivity index (χ3n) is 5.56. The number of unbranched alkanes of at least 4 members (excludes halogenated alkanes) is 9. The zero-order valence-corrected chi connectivity index (χ0v) is 19.5. The molecule has 2 unspecified atom stereocenters. The van der Waals surface area contributed by atoms with Crippen molar-refractivity contribution < 1.29 is 24.2 Å². The number of carboxylic acid groups (broad SMARTS) is 1. The number of carbonyl (C=O) groups excluding carboxylic acids is 1. The second-order valence-corrected chi connectivity index (χ2v) is 8.08. The smallest absolute Gasteiger partial charge is 0.408 e. The molecule has 31 heavy (non-hydrogen) atoms. The van der Waals surface area contributed by atoms with Crippen LogP contribution in [-0.4, -0.2) is 30.3 Å². The van der Waals surface area contributed by atoms with Crippen LogP contribution in [0.3, 0.4) is 0 Å². The second-order valence-electron chi connectivity index (χ2n) is 8.08. The summed E-state index contributed by atoms with van der Waals surface area (Å²) in [6, 6.07) is 6.52. The second kappa shape index (κ2) is 16.5. The van der Waals surface area contributed by atoms with Crippen LogP contribution in [-0.2, 0) is 9.53 Å². The van der Waals surface area contributed by atoms with Crippen LogP contribution >= 0.6 is 0 Å². The summed E-state index contributed by atoms with van der Waals surface area (Å²) >= 11 is 0. The van der Waals surface area contributed by atoms with Gasteiger partial charge in [-0.25, -0.2) is 9.59 Å². The van der Waals surface area contributed by atoms with Gasteiger partial charge < -0.3 is 19.9 Å². The van der Waals surface area contributed by atoms with Crippen LogP contribution in [0.15, 0.2) is 24.3 Å². The number of methoxy groups -OCH3 is 1. The highest BCUT2D eigenvalue weighted by atomic mass is 16.6. The maximum atomic E-state index is 12.3. The fourth-order valence-corrected chi connectivity index (χ4v) is 3.57. The number of alkyl carbamates (subject to hydrolysis) is 1. The summed E-state index contributed by atoms with van der Waals surface area (Å²) in [6.45, 7) is 3.95. The molecule has 0 aromatic heterocycles. The van der Waals surface area contributed by atoms with E-state index in [1.165, 1.54) is 51.4 Å². The van der Waals surface area contributed by atoms with E-state index < -0.39 is 24.2 Å². The summed E-state index contributed by atoms with van der Waals surface area (Å²) < 4.78 is 10.8. The standard InChI is InChI=1S/C25H41NO5/c1-4-6-7-8-9-10-11-12-13-14-15-23(20-16-18-21(30-3)19-17-20)31-25(29)26-22(5-2)24(27)28/h16-19,22-23H,4-15H2,1-3H3,(H,26,29)(H,27,28). The number of carboxylic acids is 1. The van der Waals surface area contributed by atoms with E-state index in [2.05, 4.69) is 12.2 Å². The van der Waals surface area contributed by atoms with Gasteiger partial charge in [0.2, 0.25) is 0 Å². The minimum Gasteiger partial charge on any atom is -0.497 e. The number of rotatable bonds is 17. The lowest BCUT2D eigenvalue weighted by molar-refractivity contribution is -0.139. The van der Waals surface area contributed by atoms with Crippen LogP contribution in [0.25, 0.3) is 0 Å². The van der Waals surface area contributed by atoms with Crippen molar-refractivity contribution >= 4 is 12.1 Å². The molecular formula is C25H41NO5. The first-order chi connectivity index (χ1) is 15.0. The van der Waals surface area contributed by atoms with Crippen molar-refractivity contribution in [3.8, 4) is 5.75 Å². The Morgan fingerprint density at radius 2 is 1.45 bits per heavy atom. The summed E-state index contributed by atoms with van der Waals surface area (Å²) in [5.41, 5.74) is 0.884. The normalized spacial score (nSPS) is 12.7. The number of hydrogen-bond donors (Lipinski definition) is 2. The number of amides is 1. The molecule has 0 bridgehead atoms. The number of ether oxygens (including phenoxy) is 2. The zero-order chi connectivity index (χ0) is 22.9. The predicted molar refractivity (Wildman–Crippen MR) is 124 cm³/mol. The molecule has 1 amide bonds. The number of nitrogens with one attached hydrogen (secondary N) is 1. The van der Waals surface area contributed by atoms with E-state index in [9.17, 15) is 9.59 Å². The number of carbonyl (C=O) groups is 2. The fourth-order valence-electron chi connectivity index (χ4n) is 3.57. The van der Waals surface area contributed by atoms with Gasteiger partial charge >= 0.3 is 12.1 Å². The third kappa shape index (κ3) is 11.7. The average molecular weight is 436 g/mol. The largest absolute Gasteiger partial charge is 0.497 e. The maximum absolute atomic E-state index is 12.3. The highest BCUT2D eigenvalue weighted by molar-refractivity contribution is 5.79. The van der Waals surface area contributed by atoms with E-state index in [1.54, 1.807) is 14.0 Å². The molecule has 6 nitrogen and oxygen atoms in total. The molecule has 0 aliphatic rings. The summed E-state index contributed by atoms with van der Waals surface area (Å²) in [5.74, 6) is -0.321. The molecule has 1 aromatic rings. The Hall–Kier alpha value is -2.24. The van der Waals surface area contributed by atoms with Crippen LogP contribution < -0.4 is 10.1 Å². The molecule has 176 valence electrons. The van der Waals surface area contributed by atoms with Crippen LogP contribution in [0, 0.1) is 0 Å². The highest BCUT2D eigenvalue weighted by Gasteiger charge is 2.22. The minimum atomic E-state index is -1.06. The molecule has 0 saturated heterocycles. The van der Waals surface area contributed by atoms with Crippen molar-refractivity contribution in [1.29, 1.82) is 0 Å². The van der Waals surface area contributed by atoms with E-state index in [-0.39, 0.29) is 0 Å². The van der Waals surface area contributed by atoms with Gasteiger partial charge in [-0.1, -0.05) is 83.8 Å². The van der Waals surface area contributed by atoms with Gasteiger partial charge in [-0.2, -0.15) is 0 Å². The van der Waals surface area contributed by atoms with Gasteiger partial charge in [-0.05, 0) is 37.0 Å². The number of benzene rings is 1. The lowest BCUT2D eigenvalue weighted by Crippen LogP contribution is -2.40. The van der Waals surface area contributed by atoms with E-state index in [0.717, 1.165) is 24.2 Å². The summed E-state index contributed by atoms with van der Waals surface area (Å²) in [4.78, 5) is 23.5. The molecule has 0 aliphatic carbocycles. The van der Waals surface area contributed by atoms with Crippen molar-refractivity contribution in [3.63, 3.8) is 0 Å². The Morgan fingerprint density at radius 3 is 1.94 bits per heavy atom. The predicted octanol–water partition coefficient (Wildman–Crippen LogP) is 6.64. The Kier molecular flexibility index (Phi) is 14.2. The Balaban J connectivity index is 2.49. The SMILES string of the molecule is CCCCCCCCCCCCC(OC(=O)NC(CC)C(=O)O)c1ccc(OC)cc1.